The minimum atomic E-state index is -0.799. The fraction of sp³-hybridized carbons (Fsp3) is 0.556. The van der Waals surface area contributed by atoms with Crippen molar-refractivity contribution in [2.24, 2.45) is 4.99 Å². The molecule has 0 fully saturated rings. The van der Waals surface area contributed by atoms with E-state index in [2.05, 4.69) is 16.3 Å². The first-order chi connectivity index (χ1) is 6.62. The SMILES string of the molecule is C=CC1(C)OC=NC1OC(=O)OCC. The van der Waals surface area contributed by atoms with Crippen LogP contribution in [0.3, 0.4) is 0 Å². The normalized spacial score (nSPS) is 29.4. The highest BCUT2D eigenvalue weighted by molar-refractivity contribution is 5.61. The van der Waals surface area contributed by atoms with Crippen LogP contribution < -0.4 is 0 Å². The largest absolute Gasteiger partial charge is 0.510 e. The molecule has 0 N–H and O–H groups in total. The van der Waals surface area contributed by atoms with Gasteiger partial charge in [-0.3, -0.25) is 0 Å². The third-order valence-electron chi connectivity index (χ3n) is 1.87. The first kappa shape index (κ1) is 10.6. The second kappa shape index (κ2) is 4.13. The molecule has 5 nitrogen and oxygen atoms in total. The summed E-state index contributed by atoms with van der Waals surface area (Å²) in [5, 5.41) is 0. The highest BCUT2D eigenvalue weighted by Gasteiger charge is 2.39. The lowest BCUT2D eigenvalue weighted by molar-refractivity contribution is -0.0284. The zero-order valence-corrected chi connectivity index (χ0v) is 8.23. The Morgan fingerprint density at radius 2 is 2.57 bits per heavy atom. The Bertz CT molecular complexity index is 264. The maximum atomic E-state index is 11.0. The molecule has 0 bridgehead atoms. The molecular formula is C9H13NO4. The van der Waals surface area contributed by atoms with Crippen molar-refractivity contribution in [2.75, 3.05) is 6.61 Å². The second-order valence-corrected chi connectivity index (χ2v) is 2.91. The molecule has 0 saturated heterocycles. The molecule has 0 aliphatic carbocycles. The van der Waals surface area contributed by atoms with Crippen LogP contribution in [0.2, 0.25) is 0 Å². The highest BCUT2D eigenvalue weighted by Crippen LogP contribution is 2.25. The molecule has 1 aliphatic rings. The summed E-state index contributed by atoms with van der Waals surface area (Å²) in [5.41, 5.74) is -0.799. The smallest absolute Gasteiger partial charge is 0.467 e. The van der Waals surface area contributed by atoms with Crippen LogP contribution >= 0.6 is 0 Å². The van der Waals surface area contributed by atoms with Crippen molar-refractivity contribution in [3.63, 3.8) is 0 Å². The third kappa shape index (κ3) is 2.04. The minimum Gasteiger partial charge on any atom is -0.467 e. The van der Waals surface area contributed by atoms with Crippen LogP contribution in [-0.2, 0) is 14.2 Å². The first-order valence-corrected chi connectivity index (χ1v) is 4.29. The van der Waals surface area contributed by atoms with E-state index in [4.69, 9.17) is 9.47 Å². The number of hydrogen-bond donors (Lipinski definition) is 0. The predicted molar refractivity (Wildman–Crippen MR) is 50.1 cm³/mol. The maximum absolute atomic E-state index is 11.0. The molecule has 78 valence electrons. The summed E-state index contributed by atoms with van der Waals surface area (Å²) in [7, 11) is 0. The fourth-order valence-electron chi connectivity index (χ4n) is 0.945. The van der Waals surface area contributed by atoms with Gasteiger partial charge in [-0.25, -0.2) is 9.79 Å². The Kier molecular flexibility index (Phi) is 3.11. The van der Waals surface area contributed by atoms with E-state index < -0.39 is 18.0 Å². The highest BCUT2D eigenvalue weighted by atomic mass is 16.7. The van der Waals surface area contributed by atoms with E-state index in [1.807, 2.05) is 0 Å². The van der Waals surface area contributed by atoms with E-state index in [0.29, 0.717) is 0 Å². The molecule has 5 heteroatoms. The van der Waals surface area contributed by atoms with E-state index in [9.17, 15) is 4.79 Å². The summed E-state index contributed by atoms with van der Waals surface area (Å²) in [6.07, 6.45) is 1.29. The number of aliphatic imine (C=N–C) groups is 1. The van der Waals surface area contributed by atoms with Crippen molar-refractivity contribution in [2.45, 2.75) is 25.7 Å². The lowest BCUT2D eigenvalue weighted by atomic mass is 10.1. The molecule has 0 saturated carbocycles. The molecule has 0 spiro atoms. The molecule has 14 heavy (non-hydrogen) atoms. The molecule has 2 atom stereocenters. The summed E-state index contributed by atoms with van der Waals surface area (Å²) in [5.74, 6) is 0. The monoisotopic (exact) mass is 199 g/mol. The molecule has 1 rings (SSSR count). The van der Waals surface area contributed by atoms with Crippen molar-refractivity contribution in [3.05, 3.63) is 12.7 Å². The van der Waals surface area contributed by atoms with Crippen molar-refractivity contribution in [1.29, 1.82) is 0 Å². The van der Waals surface area contributed by atoms with E-state index in [1.165, 1.54) is 12.5 Å². The zero-order chi connectivity index (χ0) is 10.6. The van der Waals surface area contributed by atoms with Gasteiger partial charge in [-0.15, -0.1) is 0 Å². The number of carbonyl (C=O) groups excluding carboxylic acids is 1. The van der Waals surface area contributed by atoms with Crippen molar-refractivity contribution < 1.29 is 19.0 Å². The molecular weight excluding hydrogens is 186 g/mol. The predicted octanol–water partition coefficient (Wildman–Crippen LogP) is 1.49. The van der Waals surface area contributed by atoms with Crippen LogP contribution in [-0.4, -0.2) is 31.0 Å². The standard InChI is InChI=1S/C9H13NO4/c1-4-9(3)7(10-6-13-9)14-8(11)12-5-2/h4,6-7H,1,5H2,2-3H3. The van der Waals surface area contributed by atoms with Gasteiger partial charge in [0.05, 0.1) is 6.61 Å². The average molecular weight is 199 g/mol. The van der Waals surface area contributed by atoms with Gasteiger partial charge in [-0.2, -0.15) is 0 Å². The van der Waals surface area contributed by atoms with Gasteiger partial charge in [0, 0.05) is 0 Å². The summed E-state index contributed by atoms with van der Waals surface area (Å²) in [6, 6.07) is 0. The van der Waals surface area contributed by atoms with Crippen LogP contribution in [0.15, 0.2) is 17.6 Å². The Hall–Kier alpha value is -1.52. The van der Waals surface area contributed by atoms with Gasteiger partial charge < -0.3 is 14.2 Å². The first-order valence-electron chi connectivity index (χ1n) is 4.29. The number of ether oxygens (including phenoxy) is 3. The lowest BCUT2D eigenvalue weighted by Gasteiger charge is -2.24. The van der Waals surface area contributed by atoms with Gasteiger partial charge in [0.25, 0.3) is 0 Å². The zero-order valence-electron chi connectivity index (χ0n) is 8.23. The molecule has 0 aromatic heterocycles. The van der Waals surface area contributed by atoms with E-state index >= 15 is 0 Å². The van der Waals surface area contributed by atoms with Gasteiger partial charge in [-0.1, -0.05) is 6.58 Å². The second-order valence-electron chi connectivity index (χ2n) is 2.91. The van der Waals surface area contributed by atoms with Crippen molar-refractivity contribution in [3.8, 4) is 0 Å². The van der Waals surface area contributed by atoms with Crippen LogP contribution in [0.1, 0.15) is 13.8 Å². The number of rotatable bonds is 3. The molecule has 0 radical (unpaired) electrons. The van der Waals surface area contributed by atoms with Gasteiger partial charge >= 0.3 is 6.16 Å². The molecule has 0 aromatic carbocycles. The summed E-state index contributed by atoms with van der Waals surface area (Å²) >= 11 is 0. The minimum absolute atomic E-state index is 0.265. The molecule has 2 unspecified atom stereocenters. The average Bonchev–Trinajstić information content (AvgIpc) is 2.49. The summed E-state index contributed by atoms with van der Waals surface area (Å²) in [4.78, 5) is 14.8. The Morgan fingerprint density at radius 3 is 3.14 bits per heavy atom. The topological polar surface area (TPSA) is 57.1 Å². The molecule has 0 amide bonds. The molecule has 1 aliphatic heterocycles. The number of carbonyl (C=O) groups is 1. The van der Waals surface area contributed by atoms with Crippen molar-refractivity contribution in [1.82, 2.24) is 0 Å². The Morgan fingerprint density at radius 1 is 1.86 bits per heavy atom. The maximum Gasteiger partial charge on any atom is 0.510 e. The van der Waals surface area contributed by atoms with E-state index in [-0.39, 0.29) is 6.61 Å². The van der Waals surface area contributed by atoms with Crippen LogP contribution in [0.25, 0.3) is 0 Å². The van der Waals surface area contributed by atoms with Gasteiger partial charge in [-0.05, 0) is 19.9 Å². The lowest BCUT2D eigenvalue weighted by Crippen LogP contribution is -2.37. The Labute approximate surface area is 82.4 Å². The van der Waals surface area contributed by atoms with Gasteiger partial charge in [0.15, 0.2) is 12.0 Å². The number of hydrogen-bond acceptors (Lipinski definition) is 5. The molecule has 0 aromatic rings. The van der Waals surface area contributed by atoms with E-state index in [0.717, 1.165) is 0 Å². The van der Waals surface area contributed by atoms with Crippen LogP contribution in [0, 0.1) is 0 Å². The summed E-state index contributed by atoms with van der Waals surface area (Å²) in [6.45, 7) is 7.26. The summed E-state index contributed by atoms with van der Waals surface area (Å²) < 4.78 is 14.7. The fourth-order valence-corrected chi connectivity index (χ4v) is 0.945. The third-order valence-corrected chi connectivity index (χ3v) is 1.87. The number of nitrogens with zero attached hydrogens (tertiary/aromatic N) is 1. The van der Waals surface area contributed by atoms with Gasteiger partial charge in [0.2, 0.25) is 6.23 Å². The Balaban J connectivity index is 2.55. The van der Waals surface area contributed by atoms with Crippen LogP contribution in [0.4, 0.5) is 4.79 Å². The van der Waals surface area contributed by atoms with Crippen LogP contribution in [0.5, 0.6) is 0 Å². The van der Waals surface area contributed by atoms with E-state index in [1.54, 1.807) is 13.8 Å². The van der Waals surface area contributed by atoms with Gasteiger partial charge in [0.1, 0.15) is 0 Å². The molecule has 1 heterocycles. The van der Waals surface area contributed by atoms with Crippen molar-refractivity contribution >= 4 is 12.6 Å². The quantitative estimate of drug-likeness (QED) is 0.510.